The molecule has 100 valence electrons. The Kier molecular flexibility index (Phi) is 3.64. The molecule has 0 bridgehead atoms. The van der Waals surface area contributed by atoms with Crippen LogP contribution in [0.15, 0.2) is 34.9 Å². The molecule has 1 aliphatic rings. The van der Waals surface area contributed by atoms with Gasteiger partial charge < -0.3 is 15.0 Å². The predicted molar refractivity (Wildman–Crippen MR) is 77.3 cm³/mol. The number of nitrogen functional groups attached to an aromatic ring is 1. The third kappa shape index (κ3) is 3.04. The SMILES string of the molecule is Nc1cc(-c2ccc(OC3CCCSC3)cc2)no1. The van der Waals surface area contributed by atoms with E-state index in [1.54, 1.807) is 6.07 Å². The molecule has 0 spiro atoms. The lowest BCUT2D eigenvalue weighted by Gasteiger charge is -2.22. The lowest BCUT2D eigenvalue weighted by Crippen LogP contribution is -2.23. The number of nitrogens with zero attached hydrogens (tertiary/aromatic N) is 1. The second kappa shape index (κ2) is 5.57. The number of aromatic nitrogens is 1. The molecule has 1 fully saturated rings. The van der Waals surface area contributed by atoms with Gasteiger partial charge in [0.15, 0.2) is 0 Å². The van der Waals surface area contributed by atoms with Gasteiger partial charge in [0, 0.05) is 17.4 Å². The van der Waals surface area contributed by atoms with Gasteiger partial charge in [-0.05, 0) is 42.9 Å². The summed E-state index contributed by atoms with van der Waals surface area (Å²) in [7, 11) is 0. The van der Waals surface area contributed by atoms with E-state index in [0.717, 1.165) is 29.2 Å². The zero-order chi connectivity index (χ0) is 13.1. The lowest BCUT2D eigenvalue weighted by molar-refractivity contribution is 0.211. The maximum absolute atomic E-state index is 5.96. The van der Waals surface area contributed by atoms with Gasteiger partial charge in [-0.2, -0.15) is 11.8 Å². The number of rotatable bonds is 3. The fourth-order valence-electron chi connectivity index (χ4n) is 2.13. The van der Waals surface area contributed by atoms with Gasteiger partial charge in [-0.15, -0.1) is 0 Å². The van der Waals surface area contributed by atoms with Crippen molar-refractivity contribution in [3.05, 3.63) is 30.3 Å². The average Bonchev–Trinajstić information content (AvgIpc) is 2.87. The molecule has 0 amide bonds. The topological polar surface area (TPSA) is 61.3 Å². The quantitative estimate of drug-likeness (QED) is 0.932. The molecule has 1 unspecified atom stereocenters. The average molecular weight is 276 g/mol. The fraction of sp³-hybridized carbons (Fsp3) is 0.357. The predicted octanol–water partition coefficient (Wildman–Crippen LogP) is 3.20. The van der Waals surface area contributed by atoms with E-state index in [1.807, 2.05) is 36.0 Å². The van der Waals surface area contributed by atoms with Crippen molar-refractivity contribution in [2.45, 2.75) is 18.9 Å². The molecular formula is C14H16N2O2S. The van der Waals surface area contributed by atoms with Crippen LogP contribution in [0.25, 0.3) is 11.3 Å². The Labute approximate surface area is 116 Å². The summed E-state index contributed by atoms with van der Waals surface area (Å²) in [6.07, 6.45) is 2.73. The van der Waals surface area contributed by atoms with Gasteiger partial charge in [0.2, 0.25) is 5.88 Å². The Morgan fingerprint density at radius 1 is 1.32 bits per heavy atom. The van der Waals surface area contributed by atoms with Crippen LogP contribution in [0.2, 0.25) is 0 Å². The van der Waals surface area contributed by atoms with Gasteiger partial charge in [-0.3, -0.25) is 0 Å². The van der Waals surface area contributed by atoms with Gasteiger partial charge in [-0.25, -0.2) is 0 Å². The monoisotopic (exact) mass is 276 g/mol. The largest absolute Gasteiger partial charge is 0.490 e. The van der Waals surface area contributed by atoms with Crippen molar-refractivity contribution in [3.63, 3.8) is 0 Å². The van der Waals surface area contributed by atoms with Crippen LogP contribution in [-0.2, 0) is 0 Å². The highest BCUT2D eigenvalue weighted by Crippen LogP contribution is 2.26. The van der Waals surface area contributed by atoms with Crippen molar-refractivity contribution >= 4 is 17.6 Å². The van der Waals surface area contributed by atoms with E-state index in [4.69, 9.17) is 15.0 Å². The van der Waals surface area contributed by atoms with Gasteiger partial charge in [-0.1, -0.05) is 5.16 Å². The van der Waals surface area contributed by atoms with E-state index in [-0.39, 0.29) is 0 Å². The summed E-state index contributed by atoms with van der Waals surface area (Å²) in [6.45, 7) is 0. The molecule has 4 nitrogen and oxygen atoms in total. The minimum Gasteiger partial charge on any atom is -0.490 e. The highest BCUT2D eigenvalue weighted by molar-refractivity contribution is 7.99. The van der Waals surface area contributed by atoms with Crippen LogP contribution in [0.5, 0.6) is 5.75 Å². The molecule has 2 N–H and O–H groups in total. The van der Waals surface area contributed by atoms with E-state index in [1.165, 1.54) is 12.2 Å². The highest BCUT2D eigenvalue weighted by Gasteiger charge is 2.15. The molecule has 3 rings (SSSR count). The summed E-state index contributed by atoms with van der Waals surface area (Å²) in [5.41, 5.74) is 7.24. The normalized spacial score (nSPS) is 19.3. The van der Waals surface area contributed by atoms with Crippen molar-refractivity contribution in [3.8, 4) is 17.0 Å². The summed E-state index contributed by atoms with van der Waals surface area (Å²) in [5.74, 6) is 3.58. The Bertz CT molecular complexity index is 533. The minimum atomic E-state index is 0.328. The third-order valence-electron chi connectivity index (χ3n) is 3.10. The van der Waals surface area contributed by atoms with Gasteiger partial charge in [0.05, 0.1) is 0 Å². The summed E-state index contributed by atoms with van der Waals surface area (Å²) in [5, 5.41) is 3.89. The Morgan fingerprint density at radius 3 is 2.79 bits per heavy atom. The molecule has 1 saturated heterocycles. The maximum atomic E-state index is 5.96. The molecule has 1 aliphatic heterocycles. The summed E-state index contributed by atoms with van der Waals surface area (Å²) in [6, 6.07) is 9.61. The molecule has 5 heteroatoms. The summed E-state index contributed by atoms with van der Waals surface area (Å²) >= 11 is 1.96. The Morgan fingerprint density at radius 2 is 2.16 bits per heavy atom. The molecule has 1 atom stereocenters. The second-order valence-corrected chi connectivity index (χ2v) is 5.75. The first-order chi connectivity index (χ1) is 9.31. The first kappa shape index (κ1) is 12.4. The second-order valence-electron chi connectivity index (χ2n) is 4.60. The fourth-order valence-corrected chi connectivity index (χ4v) is 3.16. The first-order valence-corrected chi connectivity index (χ1v) is 7.54. The van der Waals surface area contributed by atoms with Gasteiger partial charge in [0.1, 0.15) is 17.5 Å². The maximum Gasteiger partial charge on any atom is 0.222 e. The molecular weight excluding hydrogens is 260 g/mol. The number of thioether (sulfide) groups is 1. The molecule has 0 aliphatic carbocycles. The smallest absolute Gasteiger partial charge is 0.222 e. The van der Waals surface area contributed by atoms with E-state index in [9.17, 15) is 0 Å². The van der Waals surface area contributed by atoms with Crippen molar-refractivity contribution < 1.29 is 9.26 Å². The van der Waals surface area contributed by atoms with Crippen LogP contribution in [0, 0.1) is 0 Å². The summed E-state index contributed by atoms with van der Waals surface area (Å²) < 4.78 is 10.8. The van der Waals surface area contributed by atoms with Crippen LogP contribution in [0.4, 0.5) is 5.88 Å². The molecule has 1 aromatic heterocycles. The molecule has 1 aromatic carbocycles. The molecule has 0 saturated carbocycles. The number of benzene rings is 1. The van der Waals surface area contributed by atoms with E-state index < -0.39 is 0 Å². The van der Waals surface area contributed by atoms with Gasteiger partial charge in [0.25, 0.3) is 0 Å². The number of ether oxygens (including phenoxy) is 1. The highest BCUT2D eigenvalue weighted by atomic mass is 32.2. The van der Waals surface area contributed by atoms with E-state index in [0.29, 0.717) is 12.0 Å². The standard InChI is InChI=1S/C14H16N2O2S/c15-14-8-13(16-18-14)10-3-5-11(6-4-10)17-12-2-1-7-19-9-12/h3-6,8,12H,1-2,7,9,15H2. The molecule has 2 heterocycles. The first-order valence-electron chi connectivity index (χ1n) is 6.38. The minimum absolute atomic E-state index is 0.328. The number of nitrogens with two attached hydrogens (primary N) is 1. The summed E-state index contributed by atoms with van der Waals surface area (Å²) in [4.78, 5) is 0. The van der Waals surface area contributed by atoms with Crippen LogP contribution < -0.4 is 10.5 Å². The Balaban J connectivity index is 1.68. The van der Waals surface area contributed by atoms with Gasteiger partial charge >= 0.3 is 0 Å². The van der Waals surface area contributed by atoms with E-state index >= 15 is 0 Å². The van der Waals surface area contributed by atoms with Crippen LogP contribution in [0.3, 0.4) is 0 Å². The van der Waals surface area contributed by atoms with Crippen molar-refractivity contribution in [1.82, 2.24) is 5.16 Å². The molecule has 19 heavy (non-hydrogen) atoms. The number of hydrogen-bond donors (Lipinski definition) is 1. The molecule has 2 aromatic rings. The molecule has 0 radical (unpaired) electrons. The van der Waals surface area contributed by atoms with Crippen LogP contribution in [0.1, 0.15) is 12.8 Å². The van der Waals surface area contributed by atoms with Crippen molar-refractivity contribution in [2.24, 2.45) is 0 Å². The Hall–Kier alpha value is -1.62. The number of anilines is 1. The van der Waals surface area contributed by atoms with Crippen molar-refractivity contribution in [1.29, 1.82) is 0 Å². The van der Waals surface area contributed by atoms with Crippen LogP contribution in [-0.4, -0.2) is 22.8 Å². The zero-order valence-electron chi connectivity index (χ0n) is 10.5. The van der Waals surface area contributed by atoms with E-state index in [2.05, 4.69) is 5.16 Å². The lowest BCUT2D eigenvalue weighted by atomic mass is 10.1. The van der Waals surface area contributed by atoms with Crippen LogP contribution >= 0.6 is 11.8 Å². The third-order valence-corrected chi connectivity index (χ3v) is 4.28. The number of hydrogen-bond acceptors (Lipinski definition) is 5. The zero-order valence-corrected chi connectivity index (χ0v) is 11.4. The van der Waals surface area contributed by atoms with Crippen molar-refractivity contribution in [2.75, 3.05) is 17.2 Å².